The second-order valence-corrected chi connectivity index (χ2v) is 4.37. The van der Waals surface area contributed by atoms with Crippen LogP contribution < -0.4 is 4.74 Å². The molecule has 1 aliphatic carbocycles. The van der Waals surface area contributed by atoms with E-state index in [1.807, 2.05) is 0 Å². The van der Waals surface area contributed by atoms with E-state index in [0.29, 0.717) is 5.92 Å². The first kappa shape index (κ1) is 9.57. The van der Waals surface area contributed by atoms with Crippen LogP contribution in [0.15, 0.2) is 18.2 Å². The Morgan fingerprint density at radius 3 is 2.79 bits per heavy atom. The maximum atomic E-state index is 5.26. The van der Waals surface area contributed by atoms with E-state index in [1.165, 1.54) is 24.0 Å². The first-order chi connectivity index (χ1) is 6.72. The lowest BCUT2D eigenvalue weighted by atomic mass is 9.77. The molecular weight excluding hydrogens is 172 g/mol. The van der Waals surface area contributed by atoms with Crippen molar-refractivity contribution in [3.63, 3.8) is 0 Å². The fourth-order valence-corrected chi connectivity index (χ4v) is 2.29. The predicted molar refractivity (Wildman–Crippen MR) is 58.9 cm³/mol. The van der Waals surface area contributed by atoms with Crippen molar-refractivity contribution >= 4 is 0 Å². The molecule has 1 aliphatic rings. The molecule has 76 valence electrons. The van der Waals surface area contributed by atoms with Crippen molar-refractivity contribution in [2.75, 3.05) is 7.11 Å². The van der Waals surface area contributed by atoms with Gasteiger partial charge in [0.25, 0.3) is 0 Å². The summed E-state index contributed by atoms with van der Waals surface area (Å²) in [6.07, 6.45) is 2.55. The van der Waals surface area contributed by atoms with Crippen molar-refractivity contribution in [1.82, 2.24) is 0 Å². The van der Waals surface area contributed by atoms with Gasteiger partial charge in [0.2, 0.25) is 0 Å². The molecule has 0 amide bonds. The summed E-state index contributed by atoms with van der Waals surface area (Å²) in [5.74, 6) is 2.47. The lowest BCUT2D eigenvalue weighted by Crippen LogP contribution is -2.15. The number of rotatable bonds is 1. The summed E-state index contributed by atoms with van der Waals surface area (Å²) >= 11 is 0. The van der Waals surface area contributed by atoms with Crippen LogP contribution in [-0.4, -0.2) is 7.11 Å². The summed E-state index contributed by atoms with van der Waals surface area (Å²) in [6, 6.07) is 6.49. The standard InChI is InChI=1S/C13H18O/c1-9-4-5-11-6-7-12(14-3)8-13(11)10(9)2/h6-10H,4-5H2,1-3H3. The summed E-state index contributed by atoms with van der Waals surface area (Å²) < 4.78 is 5.26. The van der Waals surface area contributed by atoms with Crippen molar-refractivity contribution in [2.24, 2.45) is 5.92 Å². The molecule has 0 N–H and O–H groups in total. The van der Waals surface area contributed by atoms with Crippen LogP contribution in [0.2, 0.25) is 0 Å². The zero-order valence-electron chi connectivity index (χ0n) is 9.21. The third-order valence-electron chi connectivity index (χ3n) is 3.57. The van der Waals surface area contributed by atoms with Gasteiger partial charge in [0.1, 0.15) is 5.75 Å². The third-order valence-corrected chi connectivity index (χ3v) is 3.57. The molecule has 0 saturated heterocycles. The average molecular weight is 190 g/mol. The van der Waals surface area contributed by atoms with Crippen LogP contribution in [0, 0.1) is 5.92 Å². The van der Waals surface area contributed by atoms with E-state index in [0.717, 1.165) is 11.7 Å². The SMILES string of the molecule is COc1ccc2c(c1)C(C)C(C)CC2. The summed E-state index contributed by atoms with van der Waals surface area (Å²) in [5.41, 5.74) is 3.00. The van der Waals surface area contributed by atoms with Crippen LogP contribution in [0.3, 0.4) is 0 Å². The molecule has 0 heterocycles. The van der Waals surface area contributed by atoms with Gasteiger partial charge in [-0.1, -0.05) is 19.9 Å². The van der Waals surface area contributed by atoms with E-state index in [-0.39, 0.29) is 0 Å². The van der Waals surface area contributed by atoms with E-state index >= 15 is 0 Å². The second kappa shape index (κ2) is 3.64. The van der Waals surface area contributed by atoms with E-state index in [9.17, 15) is 0 Å². The maximum absolute atomic E-state index is 5.26. The van der Waals surface area contributed by atoms with Crippen molar-refractivity contribution in [1.29, 1.82) is 0 Å². The highest BCUT2D eigenvalue weighted by atomic mass is 16.5. The van der Waals surface area contributed by atoms with Gasteiger partial charge in [0, 0.05) is 0 Å². The molecule has 1 heteroatoms. The monoisotopic (exact) mass is 190 g/mol. The normalized spacial score (nSPS) is 25.6. The quantitative estimate of drug-likeness (QED) is 0.659. The summed E-state index contributed by atoms with van der Waals surface area (Å²) in [5, 5.41) is 0. The first-order valence-electron chi connectivity index (χ1n) is 5.39. The molecule has 2 atom stereocenters. The Balaban J connectivity index is 2.41. The Bertz CT molecular complexity index is 330. The molecular formula is C13H18O. The molecule has 1 aromatic rings. The van der Waals surface area contributed by atoms with Crippen LogP contribution >= 0.6 is 0 Å². The van der Waals surface area contributed by atoms with E-state index in [4.69, 9.17) is 4.74 Å². The average Bonchev–Trinajstić information content (AvgIpc) is 2.23. The van der Waals surface area contributed by atoms with Crippen molar-refractivity contribution in [3.05, 3.63) is 29.3 Å². The summed E-state index contributed by atoms with van der Waals surface area (Å²) in [7, 11) is 1.73. The highest BCUT2D eigenvalue weighted by Gasteiger charge is 2.22. The molecule has 0 aliphatic heterocycles. The van der Waals surface area contributed by atoms with E-state index in [1.54, 1.807) is 7.11 Å². The predicted octanol–water partition coefficient (Wildman–Crippen LogP) is 3.38. The molecule has 0 saturated carbocycles. The van der Waals surface area contributed by atoms with Crippen LogP contribution in [0.25, 0.3) is 0 Å². The number of benzene rings is 1. The van der Waals surface area contributed by atoms with Gasteiger partial charge in [0.15, 0.2) is 0 Å². The Morgan fingerprint density at radius 1 is 1.29 bits per heavy atom. The number of aryl methyl sites for hydroxylation is 1. The van der Waals surface area contributed by atoms with Gasteiger partial charge >= 0.3 is 0 Å². The van der Waals surface area contributed by atoms with E-state index in [2.05, 4.69) is 32.0 Å². The summed E-state index contributed by atoms with van der Waals surface area (Å²) in [4.78, 5) is 0. The molecule has 14 heavy (non-hydrogen) atoms. The van der Waals surface area contributed by atoms with Crippen LogP contribution in [-0.2, 0) is 6.42 Å². The van der Waals surface area contributed by atoms with Gasteiger partial charge in [-0.05, 0) is 47.9 Å². The topological polar surface area (TPSA) is 9.23 Å². The molecule has 0 spiro atoms. The molecule has 2 unspecified atom stereocenters. The Labute approximate surface area is 86.1 Å². The highest BCUT2D eigenvalue weighted by Crippen LogP contribution is 2.37. The maximum Gasteiger partial charge on any atom is 0.119 e. The first-order valence-corrected chi connectivity index (χ1v) is 5.39. The zero-order chi connectivity index (χ0) is 10.1. The van der Waals surface area contributed by atoms with Crippen molar-refractivity contribution in [3.8, 4) is 5.75 Å². The largest absolute Gasteiger partial charge is 0.497 e. The molecule has 0 fully saturated rings. The summed E-state index contributed by atoms with van der Waals surface area (Å²) in [6.45, 7) is 4.66. The van der Waals surface area contributed by atoms with Gasteiger partial charge in [-0.25, -0.2) is 0 Å². The lowest BCUT2D eigenvalue weighted by molar-refractivity contribution is 0.402. The number of ether oxygens (including phenoxy) is 1. The highest BCUT2D eigenvalue weighted by molar-refractivity contribution is 5.39. The van der Waals surface area contributed by atoms with Gasteiger partial charge in [-0.2, -0.15) is 0 Å². The number of hydrogen-bond acceptors (Lipinski definition) is 1. The van der Waals surface area contributed by atoms with Gasteiger partial charge < -0.3 is 4.74 Å². The Morgan fingerprint density at radius 2 is 2.07 bits per heavy atom. The van der Waals surface area contributed by atoms with Gasteiger partial charge in [0.05, 0.1) is 7.11 Å². The van der Waals surface area contributed by atoms with Gasteiger partial charge in [-0.3, -0.25) is 0 Å². The molecule has 1 aromatic carbocycles. The fourth-order valence-electron chi connectivity index (χ4n) is 2.29. The number of fused-ring (bicyclic) bond motifs is 1. The molecule has 0 radical (unpaired) electrons. The van der Waals surface area contributed by atoms with Crippen molar-refractivity contribution in [2.45, 2.75) is 32.6 Å². The second-order valence-electron chi connectivity index (χ2n) is 4.37. The van der Waals surface area contributed by atoms with Gasteiger partial charge in [-0.15, -0.1) is 0 Å². The minimum atomic E-state index is 0.675. The number of hydrogen-bond donors (Lipinski definition) is 0. The fraction of sp³-hybridized carbons (Fsp3) is 0.538. The molecule has 0 aromatic heterocycles. The van der Waals surface area contributed by atoms with E-state index < -0.39 is 0 Å². The molecule has 2 rings (SSSR count). The van der Waals surface area contributed by atoms with Crippen LogP contribution in [0.1, 0.15) is 37.3 Å². The van der Waals surface area contributed by atoms with Crippen molar-refractivity contribution < 1.29 is 4.74 Å². The Hall–Kier alpha value is -0.980. The molecule has 1 nitrogen and oxygen atoms in total. The van der Waals surface area contributed by atoms with Crippen LogP contribution in [0.5, 0.6) is 5.75 Å². The smallest absolute Gasteiger partial charge is 0.119 e. The lowest BCUT2D eigenvalue weighted by Gasteiger charge is -2.28. The van der Waals surface area contributed by atoms with Crippen LogP contribution in [0.4, 0.5) is 0 Å². The molecule has 0 bridgehead atoms. The Kier molecular flexibility index (Phi) is 2.49. The number of methoxy groups -OCH3 is 1. The zero-order valence-corrected chi connectivity index (χ0v) is 9.21. The minimum absolute atomic E-state index is 0.675. The third kappa shape index (κ3) is 1.52. The minimum Gasteiger partial charge on any atom is -0.497 e.